The van der Waals surface area contributed by atoms with Gasteiger partial charge in [0, 0.05) is 15.1 Å². The van der Waals surface area contributed by atoms with Crippen LogP contribution in [0.2, 0.25) is 15.1 Å². The van der Waals surface area contributed by atoms with E-state index in [1.54, 1.807) is 18.2 Å². The van der Waals surface area contributed by atoms with Gasteiger partial charge in [0.1, 0.15) is 0 Å². The fourth-order valence-corrected chi connectivity index (χ4v) is 2.84. The molecule has 0 saturated heterocycles. The third-order valence-electron chi connectivity index (χ3n) is 2.81. The summed E-state index contributed by atoms with van der Waals surface area (Å²) in [6.07, 6.45) is 0. The summed E-state index contributed by atoms with van der Waals surface area (Å²) in [5.74, 6) is 0. The van der Waals surface area contributed by atoms with E-state index in [0.717, 1.165) is 16.7 Å². The van der Waals surface area contributed by atoms with Crippen molar-refractivity contribution in [3.63, 3.8) is 0 Å². The van der Waals surface area contributed by atoms with Crippen molar-refractivity contribution >= 4 is 46.4 Å². The molecule has 0 aliphatic heterocycles. The molecule has 0 spiro atoms. The first kappa shape index (κ1) is 14.0. The van der Waals surface area contributed by atoms with Gasteiger partial charge in [-0.25, -0.2) is 0 Å². The Balaban J connectivity index is 2.51. The third-order valence-corrected chi connectivity index (χ3v) is 4.27. The van der Waals surface area contributed by atoms with Crippen LogP contribution in [0.15, 0.2) is 36.4 Å². The summed E-state index contributed by atoms with van der Waals surface area (Å²) in [5, 5.41) is 1.53. The van der Waals surface area contributed by atoms with E-state index in [1.807, 2.05) is 25.1 Å². The molecule has 0 bridgehead atoms. The van der Waals surface area contributed by atoms with Crippen LogP contribution in [0.3, 0.4) is 0 Å². The molecular weight excluding hydrogens is 310 g/mol. The first-order chi connectivity index (χ1) is 8.50. The zero-order chi connectivity index (χ0) is 13.3. The van der Waals surface area contributed by atoms with Gasteiger partial charge in [0.05, 0.1) is 5.38 Å². The Labute approximate surface area is 126 Å². The van der Waals surface area contributed by atoms with E-state index in [-0.39, 0.29) is 5.38 Å². The van der Waals surface area contributed by atoms with Crippen molar-refractivity contribution in [1.82, 2.24) is 0 Å². The molecule has 2 aromatic carbocycles. The average molecular weight is 320 g/mol. The van der Waals surface area contributed by atoms with Crippen LogP contribution >= 0.6 is 46.4 Å². The maximum atomic E-state index is 6.48. The standard InChI is InChI=1S/C14H10Cl4/c1-8-10(3-2-4-12(8)16)14(18)11-7-9(15)5-6-13(11)17/h2-7,14H,1H3. The highest BCUT2D eigenvalue weighted by molar-refractivity contribution is 6.35. The Bertz CT molecular complexity index is 576. The van der Waals surface area contributed by atoms with Crippen molar-refractivity contribution in [2.75, 3.05) is 0 Å². The zero-order valence-corrected chi connectivity index (χ0v) is 12.6. The third kappa shape index (κ3) is 2.78. The highest BCUT2D eigenvalue weighted by atomic mass is 35.5. The molecule has 0 nitrogen and oxygen atoms in total. The summed E-state index contributed by atoms with van der Waals surface area (Å²) in [7, 11) is 0. The fraction of sp³-hybridized carbons (Fsp3) is 0.143. The number of alkyl halides is 1. The van der Waals surface area contributed by atoms with E-state index in [1.165, 1.54) is 0 Å². The van der Waals surface area contributed by atoms with E-state index >= 15 is 0 Å². The molecule has 0 heterocycles. The largest absolute Gasteiger partial charge is 0.113 e. The van der Waals surface area contributed by atoms with Crippen LogP contribution in [0.1, 0.15) is 22.1 Å². The summed E-state index contributed by atoms with van der Waals surface area (Å²) in [5.41, 5.74) is 2.68. The number of halogens is 4. The first-order valence-electron chi connectivity index (χ1n) is 5.34. The minimum atomic E-state index is -0.366. The van der Waals surface area contributed by atoms with Crippen LogP contribution in [0.25, 0.3) is 0 Å². The fourth-order valence-electron chi connectivity index (χ4n) is 1.78. The maximum absolute atomic E-state index is 6.48. The van der Waals surface area contributed by atoms with Crippen molar-refractivity contribution < 1.29 is 0 Å². The summed E-state index contributed by atoms with van der Waals surface area (Å²) < 4.78 is 0. The quantitative estimate of drug-likeness (QED) is 0.571. The Morgan fingerprint density at radius 2 is 1.61 bits per heavy atom. The first-order valence-corrected chi connectivity index (χ1v) is 6.91. The summed E-state index contributed by atoms with van der Waals surface area (Å²) in [6.45, 7) is 1.94. The van der Waals surface area contributed by atoms with Crippen molar-refractivity contribution in [2.45, 2.75) is 12.3 Å². The second-order valence-corrected chi connectivity index (χ2v) is 5.67. The molecule has 0 aromatic heterocycles. The smallest absolute Gasteiger partial charge is 0.0853 e. The molecule has 18 heavy (non-hydrogen) atoms. The van der Waals surface area contributed by atoms with Crippen LogP contribution in [0, 0.1) is 6.92 Å². The highest BCUT2D eigenvalue weighted by Gasteiger charge is 2.17. The number of hydrogen-bond acceptors (Lipinski definition) is 0. The molecule has 1 unspecified atom stereocenters. The SMILES string of the molecule is Cc1c(Cl)cccc1C(Cl)c1cc(Cl)ccc1Cl. The van der Waals surface area contributed by atoms with Gasteiger partial charge in [0.25, 0.3) is 0 Å². The summed E-state index contributed by atoms with van der Waals surface area (Å²) >= 11 is 24.7. The lowest BCUT2D eigenvalue weighted by Gasteiger charge is -2.15. The lowest BCUT2D eigenvalue weighted by atomic mass is 10.00. The summed E-state index contributed by atoms with van der Waals surface area (Å²) in [6, 6.07) is 10.9. The van der Waals surface area contributed by atoms with Crippen LogP contribution in [-0.4, -0.2) is 0 Å². The van der Waals surface area contributed by atoms with Gasteiger partial charge < -0.3 is 0 Å². The van der Waals surface area contributed by atoms with Gasteiger partial charge in [-0.1, -0.05) is 46.9 Å². The van der Waals surface area contributed by atoms with Crippen molar-refractivity contribution in [1.29, 1.82) is 0 Å². The molecular formula is C14H10Cl4. The zero-order valence-electron chi connectivity index (χ0n) is 9.55. The van der Waals surface area contributed by atoms with Crippen molar-refractivity contribution in [2.24, 2.45) is 0 Å². The van der Waals surface area contributed by atoms with Gasteiger partial charge >= 0.3 is 0 Å². The van der Waals surface area contributed by atoms with E-state index in [9.17, 15) is 0 Å². The molecule has 2 aromatic rings. The molecule has 0 saturated carbocycles. The maximum Gasteiger partial charge on any atom is 0.0853 e. The molecule has 94 valence electrons. The average Bonchev–Trinajstić information content (AvgIpc) is 2.35. The Kier molecular flexibility index (Phi) is 4.45. The van der Waals surface area contributed by atoms with Crippen LogP contribution in [0.4, 0.5) is 0 Å². The van der Waals surface area contributed by atoms with E-state index in [0.29, 0.717) is 15.1 Å². The summed E-state index contributed by atoms with van der Waals surface area (Å²) in [4.78, 5) is 0. The molecule has 1 atom stereocenters. The van der Waals surface area contributed by atoms with E-state index in [4.69, 9.17) is 46.4 Å². The van der Waals surface area contributed by atoms with E-state index < -0.39 is 0 Å². The highest BCUT2D eigenvalue weighted by Crippen LogP contribution is 2.37. The van der Waals surface area contributed by atoms with E-state index in [2.05, 4.69) is 0 Å². The Hall–Kier alpha value is -0.400. The van der Waals surface area contributed by atoms with Gasteiger partial charge in [-0.3, -0.25) is 0 Å². The molecule has 4 heteroatoms. The minimum absolute atomic E-state index is 0.366. The van der Waals surface area contributed by atoms with Gasteiger partial charge in [0.15, 0.2) is 0 Å². The van der Waals surface area contributed by atoms with Crippen molar-refractivity contribution in [3.8, 4) is 0 Å². The monoisotopic (exact) mass is 318 g/mol. The number of rotatable bonds is 2. The normalized spacial score (nSPS) is 12.5. The predicted molar refractivity (Wildman–Crippen MR) is 80.3 cm³/mol. The molecule has 0 radical (unpaired) electrons. The van der Waals surface area contributed by atoms with Crippen LogP contribution in [-0.2, 0) is 0 Å². The molecule has 0 amide bonds. The predicted octanol–water partition coefficient (Wildman–Crippen LogP) is 6.28. The van der Waals surface area contributed by atoms with Gasteiger partial charge in [-0.2, -0.15) is 0 Å². The second-order valence-electron chi connectivity index (χ2n) is 3.98. The lowest BCUT2D eigenvalue weighted by Crippen LogP contribution is -1.97. The van der Waals surface area contributed by atoms with Crippen molar-refractivity contribution in [3.05, 3.63) is 68.2 Å². The second kappa shape index (κ2) is 5.71. The molecule has 0 aliphatic carbocycles. The van der Waals surface area contributed by atoms with Gasteiger partial charge in [0.2, 0.25) is 0 Å². The number of hydrogen-bond donors (Lipinski definition) is 0. The minimum Gasteiger partial charge on any atom is -0.113 e. The van der Waals surface area contributed by atoms with Crippen LogP contribution in [0.5, 0.6) is 0 Å². The van der Waals surface area contributed by atoms with Gasteiger partial charge in [-0.15, -0.1) is 11.6 Å². The number of benzene rings is 2. The lowest BCUT2D eigenvalue weighted by molar-refractivity contribution is 1.11. The molecule has 0 aliphatic rings. The molecule has 0 N–H and O–H groups in total. The Morgan fingerprint density at radius 3 is 2.33 bits per heavy atom. The Morgan fingerprint density at radius 1 is 0.889 bits per heavy atom. The topological polar surface area (TPSA) is 0 Å². The van der Waals surface area contributed by atoms with Crippen LogP contribution < -0.4 is 0 Å². The molecule has 2 rings (SSSR count). The van der Waals surface area contributed by atoms with Gasteiger partial charge in [-0.05, 0) is 47.9 Å². The molecule has 0 fully saturated rings.